The number of hydrogen-bond acceptors (Lipinski definition) is 8. The first-order valence-electron chi connectivity index (χ1n) is 18.8. The van der Waals surface area contributed by atoms with Gasteiger partial charge in [-0.1, -0.05) is 58.2 Å². The first-order valence-corrected chi connectivity index (χ1v) is 20.4. The van der Waals surface area contributed by atoms with Crippen molar-refractivity contribution in [1.29, 1.82) is 0 Å². The fraction of sp³-hybridized carbons (Fsp3) is 0.658. The maximum Gasteiger partial charge on any atom is 0.410 e. The maximum atomic E-state index is 14.7. The second-order valence-electron chi connectivity index (χ2n) is 16.7. The van der Waals surface area contributed by atoms with Gasteiger partial charge in [0, 0.05) is 43.3 Å². The van der Waals surface area contributed by atoms with Crippen LogP contribution in [0.3, 0.4) is 0 Å². The Kier molecular flexibility index (Phi) is 11.0. The Morgan fingerprint density at radius 3 is 2.42 bits per heavy atom. The molecule has 5 amide bonds. The number of likely N-dealkylation sites (tertiary alicyclic amines) is 1. The fourth-order valence-corrected chi connectivity index (χ4v) is 9.33. The molecule has 2 heterocycles. The van der Waals surface area contributed by atoms with Crippen molar-refractivity contribution in [2.24, 2.45) is 23.2 Å². The van der Waals surface area contributed by atoms with E-state index in [0.717, 1.165) is 32.1 Å². The van der Waals surface area contributed by atoms with Gasteiger partial charge in [-0.25, -0.2) is 17.6 Å². The normalized spacial score (nSPS) is 26.3. The van der Waals surface area contributed by atoms with Crippen molar-refractivity contribution >= 4 is 39.7 Å². The number of carbonyl (C=O) groups excluding carboxylic acids is 5. The average molecular weight is 758 g/mol. The molecular weight excluding hydrogens is 706 g/mol. The number of benzene rings is 1. The largest absolute Gasteiger partial charge is 0.444 e. The number of fused-ring (bicyclic) bond motifs is 1. The van der Waals surface area contributed by atoms with Crippen LogP contribution in [0.2, 0.25) is 0 Å². The van der Waals surface area contributed by atoms with Gasteiger partial charge in [-0.2, -0.15) is 0 Å². The van der Waals surface area contributed by atoms with Gasteiger partial charge in [0.1, 0.15) is 23.5 Å². The number of sulfonamides is 1. The summed E-state index contributed by atoms with van der Waals surface area (Å²) in [5.41, 5.74) is -0.690. The first kappa shape index (κ1) is 38.7. The number of rotatable bonds is 12. The molecule has 15 heteroatoms. The molecule has 0 bridgehead atoms. The van der Waals surface area contributed by atoms with E-state index in [4.69, 9.17) is 4.74 Å². The predicted molar refractivity (Wildman–Crippen MR) is 192 cm³/mol. The highest BCUT2D eigenvalue weighted by Crippen LogP contribution is 2.46. The van der Waals surface area contributed by atoms with Crippen LogP contribution in [0.4, 0.5) is 9.18 Å². The second kappa shape index (κ2) is 15.0. The predicted octanol–water partition coefficient (Wildman–Crippen LogP) is 3.67. The number of ether oxygens (including phenoxy) is 1. The highest BCUT2D eigenvalue weighted by molar-refractivity contribution is 7.91. The summed E-state index contributed by atoms with van der Waals surface area (Å²) < 4.78 is 47.9. The smallest absolute Gasteiger partial charge is 0.410 e. The van der Waals surface area contributed by atoms with E-state index >= 15 is 0 Å². The molecule has 290 valence electrons. The van der Waals surface area contributed by atoms with Crippen LogP contribution in [-0.2, 0) is 47.0 Å². The molecule has 3 N–H and O–H groups in total. The third-order valence-corrected chi connectivity index (χ3v) is 13.1. The molecule has 3 aliphatic carbocycles. The quantitative estimate of drug-likeness (QED) is 0.271. The lowest BCUT2D eigenvalue weighted by atomic mass is 9.77. The molecule has 53 heavy (non-hydrogen) atoms. The Morgan fingerprint density at radius 1 is 1.08 bits per heavy atom. The molecule has 0 aromatic heterocycles. The van der Waals surface area contributed by atoms with Crippen molar-refractivity contribution in [1.82, 2.24) is 25.2 Å². The van der Waals surface area contributed by atoms with Crippen molar-refractivity contribution in [2.45, 2.75) is 121 Å². The Balaban J connectivity index is 1.23. The van der Waals surface area contributed by atoms with Gasteiger partial charge in [-0.3, -0.25) is 28.8 Å². The lowest BCUT2D eigenvalue weighted by Gasteiger charge is -2.34. The van der Waals surface area contributed by atoms with E-state index in [-0.39, 0.29) is 56.1 Å². The van der Waals surface area contributed by atoms with Gasteiger partial charge >= 0.3 is 6.09 Å². The molecule has 5 atom stereocenters. The van der Waals surface area contributed by atoms with Crippen LogP contribution in [0, 0.1) is 29.0 Å². The second-order valence-corrected chi connectivity index (χ2v) is 18.7. The summed E-state index contributed by atoms with van der Waals surface area (Å²) in [6, 6.07) is 3.45. The van der Waals surface area contributed by atoms with E-state index < -0.39 is 74.4 Å². The minimum Gasteiger partial charge on any atom is -0.444 e. The number of hydrogen-bond donors (Lipinski definition) is 3. The summed E-state index contributed by atoms with van der Waals surface area (Å²) in [5, 5.41) is 5.06. The Morgan fingerprint density at radius 2 is 1.79 bits per heavy atom. The topological polar surface area (TPSA) is 171 Å². The van der Waals surface area contributed by atoms with Gasteiger partial charge in [-0.05, 0) is 55.1 Å². The summed E-state index contributed by atoms with van der Waals surface area (Å²) in [6.45, 7) is 10.2. The lowest BCUT2D eigenvalue weighted by Crippen LogP contribution is -2.57. The van der Waals surface area contributed by atoms with Crippen LogP contribution >= 0.6 is 0 Å². The zero-order valence-electron chi connectivity index (χ0n) is 30.8. The molecule has 3 saturated carbocycles. The van der Waals surface area contributed by atoms with Gasteiger partial charge in [0.25, 0.3) is 5.91 Å². The van der Waals surface area contributed by atoms with Crippen molar-refractivity contribution in [2.75, 3.05) is 13.1 Å². The molecule has 5 aliphatic rings. The minimum atomic E-state index is -3.92. The zero-order chi connectivity index (χ0) is 38.3. The highest BCUT2D eigenvalue weighted by atomic mass is 32.2. The molecule has 0 radical (unpaired) electrons. The average Bonchev–Trinajstić information content (AvgIpc) is 4.00. The molecule has 13 nitrogen and oxygen atoms in total. The van der Waals surface area contributed by atoms with Crippen molar-refractivity contribution in [3.63, 3.8) is 0 Å². The van der Waals surface area contributed by atoms with E-state index in [2.05, 4.69) is 21.9 Å². The number of halogens is 1. The Hall–Kier alpha value is -4.01. The van der Waals surface area contributed by atoms with Gasteiger partial charge in [0.2, 0.25) is 27.7 Å². The summed E-state index contributed by atoms with van der Waals surface area (Å²) in [5.74, 6) is -4.05. The van der Waals surface area contributed by atoms with Crippen LogP contribution < -0.4 is 15.4 Å². The third-order valence-electron chi connectivity index (χ3n) is 11.3. The van der Waals surface area contributed by atoms with Crippen LogP contribution in [0.25, 0.3) is 0 Å². The van der Waals surface area contributed by atoms with Crippen molar-refractivity contribution in [3.8, 4) is 0 Å². The highest BCUT2D eigenvalue weighted by Gasteiger charge is 2.62. The van der Waals surface area contributed by atoms with Crippen molar-refractivity contribution in [3.05, 3.63) is 47.8 Å². The van der Waals surface area contributed by atoms with E-state index in [1.165, 1.54) is 21.9 Å². The number of carbonyl (C=O) groups is 5. The SMILES string of the molecule is C=C[C@@H]1C[C@@]1(NC(=O)[C@@H]1C[C@@H](OC(=O)N2Cc3cccc(F)c3C2)CN1C(=O)[C@@H](CC(=O)NCC(C)(C)C)C1CCCCC1)C(=O)NS(=O)(=O)C1CC1. The van der Waals surface area contributed by atoms with E-state index in [0.29, 0.717) is 30.5 Å². The number of amides is 5. The third kappa shape index (κ3) is 8.70. The summed E-state index contributed by atoms with van der Waals surface area (Å²) in [6.07, 6.45) is 5.02. The standard InChI is InChI=1S/C38H52FN5O8S/c1-5-25-18-38(25,35(48)42-53(50,51)27-14-15-27)41-33(46)31-16-26(52-36(49)43-19-24-12-9-13-30(39)29(24)21-43)20-44(31)34(47)28(23-10-7-6-8-11-23)17-32(45)40-22-37(2,3)4/h5,9,12-13,23,25-28,31H,1,6-8,10-11,14-22H2,2-4H3,(H,40,45)(H,41,46)(H,42,48)/t25-,26-,28+,31+,38+/m1/s1. The molecule has 1 aromatic rings. The van der Waals surface area contributed by atoms with E-state index in [9.17, 15) is 36.8 Å². The van der Waals surface area contributed by atoms with Gasteiger partial charge < -0.3 is 20.3 Å². The van der Waals surface area contributed by atoms with Crippen molar-refractivity contribution < 1.29 is 41.5 Å². The Bertz CT molecular complexity index is 1750. The van der Waals surface area contributed by atoms with Crippen LogP contribution in [0.15, 0.2) is 30.9 Å². The molecule has 1 saturated heterocycles. The van der Waals surface area contributed by atoms with Gasteiger partial charge in [0.05, 0.1) is 18.3 Å². The zero-order valence-corrected chi connectivity index (χ0v) is 31.6. The molecule has 2 aliphatic heterocycles. The lowest BCUT2D eigenvalue weighted by molar-refractivity contribution is -0.146. The molecule has 6 rings (SSSR count). The summed E-state index contributed by atoms with van der Waals surface area (Å²) in [7, 11) is -3.92. The summed E-state index contributed by atoms with van der Waals surface area (Å²) in [4.78, 5) is 71.8. The van der Waals surface area contributed by atoms with Crippen LogP contribution in [0.5, 0.6) is 0 Å². The van der Waals surface area contributed by atoms with E-state index in [1.807, 2.05) is 20.8 Å². The molecular formula is C38H52FN5O8S. The minimum absolute atomic E-state index is 0.0118. The first-order chi connectivity index (χ1) is 25.0. The van der Waals surface area contributed by atoms with Crippen LogP contribution in [-0.4, -0.2) is 84.0 Å². The maximum absolute atomic E-state index is 14.7. The molecule has 0 spiro atoms. The fourth-order valence-electron chi connectivity index (χ4n) is 7.96. The Labute approximate surface area is 310 Å². The number of nitrogens with zero attached hydrogens (tertiary/aromatic N) is 2. The van der Waals surface area contributed by atoms with Gasteiger partial charge in [0.15, 0.2) is 0 Å². The monoisotopic (exact) mass is 757 g/mol. The van der Waals surface area contributed by atoms with Gasteiger partial charge in [-0.15, -0.1) is 6.58 Å². The number of nitrogens with one attached hydrogen (secondary N) is 3. The molecule has 1 aromatic carbocycles. The van der Waals surface area contributed by atoms with E-state index in [1.54, 1.807) is 12.1 Å². The molecule has 4 fully saturated rings. The van der Waals surface area contributed by atoms with Crippen LogP contribution in [0.1, 0.15) is 96.1 Å². The summed E-state index contributed by atoms with van der Waals surface area (Å²) >= 11 is 0. The molecule has 0 unspecified atom stereocenters.